The van der Waals surface area contributed by atoms with Crippen LogP contribution < -0.4 is 5.76 Å². The van der Waals surface area contributed by atoms with Crippen LogP contribution in [0.15, 0.2) is 76.0 Å². The highest BCUT2D eigenvalue weighted by Crippen LogP contribution is 2.24. The van der Waals surface area contributed by atoms with Crippen molar-refractivity contribution in [2.75, 3.05) is 6.61 Å². The Kier molecular flexibility index (Phi) is 5.49. The van der Waals surface area contributed by atoms with E-state index in [1.807, 2.05) is 60.7 Å². The lowest BCUT2D eigenvalue weighted by molar-refractivity contribution is -0.137. The lowest BCUT2D eigenvalue weighted by Gasteiger charge is -2.05. The molecule has 0 aliphatic carbocycles. The van der Waals surface area contributed by atoms with E-state index in [2.05, 4.69) is 0 Å². The van der Waals surface area contributed by atoms with Crippen LogP contribution in [-0.2, 0) is 16.1 Å². The van der Waals surface area contributed by atoms with Crippen molar-refractivity contribution in [2.45, 2.75) is 13.5 Å². The monoisotopic (exact) mass is 349 g/mol. The van der Waals surface area contributed by atoms with Crippen molar-refractivity contribution in [1.29, 1.82) is 0 Å². The molecule has 0 unspecified atom stereocenters. The molecule has 26 heavy (non-hydrogen) atoms. The van der Waals surface area contributed by atoms with Crippen molar-refractivity contribution in [2.24, 2.45) is 0 Å². The standard InChI is InChI=1S/C21H19NO4/c1-2-25-19(23)14-13-18-20(17-11-7-4-8-12-17)26-21(24)22(18)15-16-9-5-3-6-10-16/h3-14H,2,15H2,1H3/b14-13+. The van der Waals surface area contributed by atoms with Gasteiger partial charge in [-0.1, -0.05) is 60.7 Å². The summed E-state index contributed by atoms with van der Waals surface area (Å²) in [6.45, 7) is 2.37. The number of aromatic nitrogens is 1. The van der Waals surface area contributed by atoms with Crippen molar-refractivity contribution in [1.82, 2.24) is 4.57 Å². The molecule has 0 saturated heterocycles. The van der Waals surface area contributed by atoms with Crippen LogP contribution in [0.5, 0.6) is 0 Å². The zero-order valence-corrected chi connectivity index (χ0v) is 14.4. The Bertz CT molecular complexity index is 953. The lowest BCUT2D eigenvalue weighted by atomic mass is 10.1. The highest BCUT2D eigenvalue weighted by atomic mass is 16.5. The van der Waals surface area contributed by atoms with E-state index < -0.39 is 11.7 Å². The van der Waals surface area contributed by atoms with Crippen LogP contribution in [0.4, 0.5) is 0 Å². The van der Waals surface area contributed by atoms with Crippen LogP contribution in [0.3, 0.4) is 0 Å². The molecule has 5 heteroatoms. The molecule has 0 aliphatic rings. The fourth-order valence-corrected chi connectivity index (χ4v) is 2.63. The fraction of sp³-hybridized carbons (Fsp3) is 0.143. The largest absolute Gasteiger partial charge is 0.463 e. The summed E-state index contributed by atoms with van der Waals surface area (Å²) in [5, 5.41) is 0. The van der Waals surface area contributed by atoms with Gasteiger partial charge in [-0.2, -0.15) is 0 Å². The second-order valence-corrected chi connectivity index (χ2v) is 5.61. The minimum Gasteiger partial charge on any atom is -0.463 e. The number of rotatable bonds is 6. The van der Waals surface area contributed by atoms with Crippen LogP contribution in [-0.4, -0.2) is 17.1 Å². The molecule has 1 aromatic heterocycles. The normalized spacial score (nSPS) is 11.0. The minimum absolute atomic E-state index is 0.289. The van der Waals surface area contributed by atoms with Gasteiger partial charge < -0.3 is 9.15 Å². The number of ether oxygens (including phenoxy) is 1. The Labute approximate surface area is 151 Å². The van der Waals surface area contributed by atoms with Crippen LogP contribution in [0.25, 0.3) is 17.4 Å². The molecule has 132 valence electrons. The van der Waals surface area contributed by atoms with Gasteiger partial charge in [0.05, 0.1) is 18.8 Å². The van der Waals surface area contributed by atoms with E-state index in [1.54, 1.807) is 13.0 Å². The Balaban J connectivity index is 2.06. The van der Waals surface area contributed by atoms with Crippen molar-refractivity contribution in [3.8, 4) is 11.3 Å². The number of benzene rings is 2. The molecule has 0 bridgehead atoms. The number of carbonyl (C=O) groups excluding carboxylic acids is 1. The molecule has 0 saturated carbocycles. The molecule has 0 radical (unpaired) electrons. The van der Waals surface area contributed by atoms with E-state index in [1.165, 1.54) is 10.6 Å². The van der Waals surface area contributed by atoms with Crippen LogP contribution in [0.1, 0.15) is 18.2 Å². The number of carbonyl (C=O) groups is 1. The van der Waals surface area contributed by atoms with E-state index >= 15 is 0 Å². The summed E-state index contributed by atoms with van der Waals surface area (Å²) in [6.07, 6.45) is 2.87. The van der Waals surface area contributed by atoms with Gasteiger partial charge in [0.25, 0.3) is 0 Å². The molecule has 0 amide bonds. The summed E-state index contributed by atoms with van der Waals surface area (Å²) in [4.78, 5) is 24.2. The Morgan fingerprint density at radius 3 is 2.38 bits per heavy atom. The number of hydrogen-bond acceptors (Lipinski definition) is 4. The Hall–Kier alpha value is -3.34. The molecular formula is C21H19NO4. The van der Waals surface area contributed by atoms with Gasteiger partial charge in [0.15, 0.2) is 5.76 Å². The average molecular weight is 349 g/mol. The molecule has 1 heterocycles. The van der Waals surface area contributed by atoms with Crippen LogP contribution >= 0.6 is 0 Å². The maximum Gasteiger partial charge on any atom is 0.420 e. The fourth-order valence-electron chi connectivity index (χ4n) is 2.63. The molecular weight excluding hydrogens is 330 g/mol. The maximum absolute atomic E-state index is 12.5. The van der Waals surface area contributed by atoms with Gasteiger partial charge in [-0.05, 0) is 18.6 Å². The molecule has 0 spiro atoms. The molecule has 0 fully saturated rings. The summed E-state index contributed by atoms with van der Waals surface area (Å²) in [5.74, 6) is -0.519. The van der Waals surface area contributed by atoms with Crippen molar-refractivity contribution < 1.29 is 13.9 Å². The smallest absolute Gasteiger partial charge is 0.420 e. The number of nitrogens with zero attached hydrogens (tertiary/aromatic N) is 1. The van der Waals surface area contributed by atoms with Gasteiger partial charge in [0.2, 0.25) is 0 Å². The number of hydrogen-bond donors (Lipinski definition) is 0. The first-order valence-corrected chi connectivity index (χ1v) is 8.37. The molecule has 0 aliphatic heterocycles. The minimum atomic E-state index is -0.476. The summed E-state index contributed by atoms with van der Waals surface area (Å²) in [5.41, 5.74) is 2.25. The van der Waals surface area contributed by atoms with Crippen LogP contribution in [0.2, 0.25) is 0 Å². The predicted octanol–water partition coefficient (Wildman–Crippen LogP) is 3.73. The highest BCUT2D eigenvalue weighted by molar-refractivity contribution is 5.88. The molecule has 2 aromatic carbocycles. The molecule has 0 N–H and O–H groups in total. The van der Waals surface area contributed by atoms with Crippen molar-refractivity contribution in [3.05, 3.63) is 88.5 Å². The summed E-state index contributed by atoms with van der Waals surface area (Å²) in [7, 11) is 0. The first-order valence-electron chi connectivity index (χ1n) is 8.37. The quantitative estimate of drug-likeness (QED) is 0.502. The number of esters is 1. The Morgan fingerprint density at radius 1 is 1.08 bits per heavy atom. The van der Waals surface area contributed by atoms with Gasteiger partial charge in [-0.3, -0.25) is 4.57 Å². The van der Waals surface area contributed by atoms with E-state index in [0.29, 0.717) is 18.0 Å². The van der Waals surface area contributed by atoms with Gasteiger partial charge in [0, 0.05) is 11.6 Å². The summed E-state index contributed by atoms with van der Waals surface area (Å²) >= 11 is 0. The zero-order chi connectivity index (χ0) is 18.4. The first-order chi connectivity index (χ1) is 12.7. The SMILES string of the molecule is CCOC(=O)/C=C/c1c(-c2ccccc2)oc(=O)n1Cc1ccccc1. The van der Waals surface area contributed by atoms with Gasteiger partial charge >= 0.3 is 11.7 Å². The molecule has 3 aromatic rings. The highest BCUT2D eigenvalue weighted by Gasteiger charge is 2.17. The van der Waals surface area contributed by atoms with Crippen molar-refractivity contribution >= 4 is 12.0 Å². The van der Waals surface area contributed by atoms with E-state index in [0.717, 1.165) is 11.1 Å². The van der Waals surface area contributed by atoms with E-state index in [4.69, 9.17) is 9.15 Å². The number of oxazole rings is 1. The molecule has 0 atom stereocenters. The second-order valence-electron chi connectivity index (χ2n) is 5.61. The lowest BCUT2D eigenvalue weighted by Crippen LogP contribution is -2.16. The predicted molar refractivity (Wildman–Crippen MR) is 99.6 cm³/mol. The van der Waals surface area contributed by atoms with E-state index in [-0.39, 0.29) is 6.61 Å². The average Bonchev–Trinajstić information content (AvgIpc) is 2.97. The zero-order valence-electron chi connectivity index (χ0n) is 14.4. The van der Waals surface area contributed by atoms with Gasteiger partial charge in [-0.25, -0.2) is 9.59 Å². The van der Waals surface area contributed by atoms with Gasteiger partial charge in [-0.15, -0.1) is 0 Å². The second kappa shape index (κ2) is 8.16. The summed E-state index contributed by atoms with van der Waals surface area (Å²) in [6, 6.07) is 18.9. The summed E-state index contributed by atoms with van der Waals surface area (Å²) < 4.78 is 11.9. The first kappa shape index (κ1) is 17.5. The van der Waals surface area contributed by atoms with Crippen molar-refractivity contribution in [3.63, 3.8) is 0 Å². The molecule has 5 nitrogen and oxygen atoms in total. The third-order valence-electron chi connectivity index (χ3n) is 3.82. The topological polar surface area (TPSA) is 61.4 Å². The third-order valence-corrected chi connectivity index (χ3v) is 3.82. The third kappa shape index (κ3) is 4.00. The van der Waals surface area contributed by atoms with Gasteiger partial charge in [0.1, 0.15) is 0 Å². The Morgan fingerprint density at radius 2 is 1.73 bits per heavy atom. The van der Waals surface area contributed by atoms with Crippen LogP contribution in [0, 0.1) is 0 Å². The maximum atomic E-state index is 12.5. The van der Waals surface area contributed by atoms with E-state index in [9.17, 15) is 9.59 Å². The molecule has 3 rings (SSSR count).